The van der Waals surface area contributed by atoms with E-state index in [1.54, 1.807) is 0 Å². The minimum atomic E-state index is -0.745. The summed E-state index contributed by atoms with van der Waals surface area (Å²) in [6, 6.07) is -0.745. The molecule has 4 rings (SSSR count). The molecule has 0 aromatic carbocycles. The summed E-state index contributed by atoms with van der Waals surface area (Å²) in [6.45, 7) is 3.43. The first kappa shape index (κ1) is 19.7. The van der Waals surface area contributed by atoms with Crippen LogP contribution in [0.3, 0.4) is 0 Å². The summed E-state index contributed by atoms with van der Waals surface area (Å²) in [5, 5.41) is 5.41. The van der Waals surface area contributed by atoms with Crippen LogP contribution in [0.4, 0.5) is 0 Å². The second kappa shape index (κ2) is 7.92. The van der Waals surface area contributed by atoms with Gasteiger partial charge in [0.2, 0.25) is 5.91 Å². The number of amides is 2. The fourth-order valence-corrected chi connectivity index (χ4v) is 5.61. The van der Waals surface area contributed by atoms with Crippen LogP contribution < -0.4 is 10.6 Å². The number of ether oxygens (including phenoxy) is 1. The molecule has 4 bridgehead atoms. The van der Waals surface area contributed by atoms with Crippen LogP contribution in [0.15, 0.2) is 0 Å². The molecule has 0 radical (unpaired) electrons. The molecule has 0 aliphatic heterocycles. The molecule has 6 nitrogen and oxygen atoms in total. The van der Waals surface area contributed by atoms with Crippen LogP contribution in [0.5, 0.6) is 0 Å². The lowest BCUT2D eigenvalue weighted by molar-refractivity contribution is -0.157. The van der Waals surface area contributed by atoms with Gasteiger partial charge in [0.15, 0.2) is 6.61 Å². The van der Waals surface area contributed by atoms with E-state index in [4.69, 9.17) is 11.2 Å². The van der Waals surface area contributed by atoms with E-state index in [1.165, 1.54) is 19.3 Å². The standard InChI is InChI=1S/C21H30N2O4/c1-4-5-22-17(24)12-27-19(25)18(13(2)3)23-20(26)21-9-14-6-15(10-21)8-16(7-14)11-21/h1,13-16,18H,5-12H2,2-3H3,(H,22,24)(H,23,26)/t14?,15?,16?,18-,21?/m1/s1. The van der Waals surface area contributed by atoms with E-state index in [2.05, 4.69) is 16.6 Å². The summed E-state index contributed by atoms with van der Waals surface area (Å²) in [5.74, 6) is 3.12. The van der Waals surface area contributed by atoms with Crippen molar-refractivity contribution in [3.05, 3.63) is 0 Å². The Balaban J connectivity index is 1.59. The van der Waals surface area contributed by atoms with Gasteiger partial charge in [-0.25, -0.2) is 4.79 Å². The van der Waals surface area contributed by atoms with Crippen LogP contribution in [0.2, 0.25) is 0 Å². The molecule has 27 heavy (non-hydrogen) atoms. The van der Waals surface area contributed by atoms with Crippen LogP contribution in [-0.4, -0.2) is 37.0 Å². The van der Waals surface area contributed by atoms with Crippen LogP contribution >= 0.6 is 0 Å². The second-order valence-corrected chi connectivity index (χ2v) is 8.98. The van der Waals surface area contributed by atoms with Gasteiger partial charge in [-0.15, -0.1) is 6.42 Å². The number of terminal acetylenes is 1. The minimum absolute atomic E-state index is 0.00552. The third-order valence-corrected chi connectivity index (χ3v) is 6.46. The van der Waals surface area contributed by atoms with Crippen molar-refractivity contribution in [3.63, 3.8) is 0 Å². The monoisotopic (exact) mass is 374 g/mol. The zero-order valence-corrected chi connectivity index (χ0v) is 16.3. The Morgan fingerprint density at radius 1 is 1.11 bits per heavy atom. The molecular formula is C21H30N2O4. The van der Waals surface area contributed by atoms with Crippen molar-refractivity contribution in [2.24, 2.45) is 29.1 Å². The predicted molar refractivity (Wildman–Crippen MR) is 100 cm³/mol. The Morgan fingerprint density at radius 3 is 2.15 bits per heavy atom. The summed E-state index contributed by atoms with van der Waals surface area (Å²) >= 11 is 0. The highest BCUT2D eigenvalue weighted by Gasteiger charge is 2.55. The minimum Gasteiger partial charge on any atom is -0.454 e. The number of carbonyl (C=O) groups is 3. The normalized spacial score (nSPS) is 31.9. The Morgan fingerprint density at radius 2 is 1.67 bits per heavy atom. The Labute approximate surface area is 161 Å². The topological polar surface area (TPSA) is 84.5 Å². The molecule has 0 aromatic heterocycles. The molecule has 0 unspecified atom stereocenters. The van der Waals surface area contributed by atoms with E-state index in [1.807, 2.05) is 13.8 Å². The predicted octanol–water partition coefficient (Wildman–Crippen LogP) is 1.64. The molecule has 6 heteroatoms. The molecule has 4 aliphatic rings. The maximum Gasteiger partial charge on any atom is 0.329 e. The first-order valence-electron chi connectivity index (χ1n) is 10.0. The van der Waals surface area contributed by atoms with Crippen molar-refractivity contribution in [2.45, 2.75) is 58.4 Å². The Bertz CT molecular complexity index is 614. The van der Waals surface area contributed by atoms with Gasteiger partial charge in [-0.1, -0.05) is 19.8 Å². The largest absolute Gasteiger partial charge is 0.454 e. The maximum absolute atomic E-state index is 13.2. The second-order valence-electron chi connectivity index (χ2n) is 8.98. The highest BCUT2D eigenvalue weighted by molar-refractivity contribution is 5.89. The fraction of sp³-hybridized carbons (Fsp3) is 0.762. The van der Waals surface area contributed by atoms with Gasteiger partial charge in [-0.05, 0) is 62.2 Å². The van der Waals surface area contributed by atoms with E-state index in [0.29, 0.717) is 17.8 Å². The van der Waals surface area contributed by atoms with Crippen LogP contribution in [-0.2, 0) is 19.1 Å². The highest BCUT2D eigenvalue weighted by atomic mass is 16.5. The third kappa shape index (κ3) is 4.28. The van der Waals surface area contributed by atoms with E-state index in [-0.39, 0.29) is 23.8 Å². The van der Waals surface area contributed by atoms with E-state index in [9.17, 15) is 14.4 Å². The van der Waals surface area contributed by atoms with Gasteiger partial charge in [0, 0.05) is 5.41 Å². The smallest absolute Gasteiger partial charge is 0.329 e. The number of nitrogens with one attached hydrogen (secondary N) is 2. The van der Waals surface area contributed by atoms with Crippen molar-refractivity contribution in [1.82, 2.24) is 10.6 Å². The average molecular weight is 374 g/mol. The number of hydrogen-bond donors (Lipinski definition) is 2. The Kier molecular flexibility index (Phi) is 5.78. The van der Waals surface area contributed by atoms with E-state index >= 15 is 0 Å². The molecule has 4 saturated carbocycles. The van der Waals surface area contributed by atoms with Crippen LogP contribution in [0.1, 0.15) is 52.4 Å². The highest BCUT2D eigenvalue weighted by Crippen LogP contribution is 2.60. The number of esters is 1. The quantitative estimate of drug-likeness (QED) is 0.524. The van der Waals surface area contributed by atoms with Gasteiger partial charge < -0.3 is 15.4 Å². The lowest BCUT2D eigenvalue weighted by Gasteiger charge is -2.55. The molecular weight excluding hydrogens is 344 g/mol. The lowest BCUT2D eigenvalue weighted by Crippen LogP contribution is -2.57. The van der Waals surface area contributed by atoms with E-state index < -0.39 is 24.5 Å². The zero-order valence-electron chi connectivity index (χ0n) is 16.3. The van der Waals surface area contributed by atoms with Gasteiger partial charge in [0.25, 0.3) is 5.91 Å². The summed E-state index contributed by atoms with van der Waals surface area (Å²) in [5.41, 5.74) is -0.313. The molecule has 4 fully saturated rings. The lowest BCUT2D eigenvalue weighted by atomic mass is 9.49. The van der Waals surface area contributed by atoms with Crippen molar-refractivity contribution < 1.29 is 19.1 Å². The molecule has 2 N–H and O–H groups in total. The van der Waals surface area contributed by atoms with Crippen molar-refractivity contribution in [1.29, 1.82) is 0 Å². The molecule has 148 valence electrons. The summed E-state index contributed by atoms with van der Waals surface area (Å²) in [7, 11) is 0. The molecule has 1 atom stereocenters. The first-order valence-corrected chi connectivity index (χ1v) is 10.0. The summed E-state index contributed by atoms with van der Waals surface area (Å²) < 4.78 is 5.11. The van der Waals surface area contributed by atoms with Gasteiger partial charge in [-0.3, -0.25) is 9.59 Å². The van der Waals surface area contributed by atoms with Gasteiger partial charge in [0.05, 0.1) is 6.54 Å². The molecule has 0 spiro atoms. The SMILES string of the molecule is C#CCNC(=O)COC(=O)[C@H](NC(=O)C12CC3CC(CC(C3)C1)C2)C(C)C. The maximum atomic E-state index is 13.2. The fourth-order valence-electron chi connectivity index (χ4n) is 5.61. The molecule has 0 heterocycles. The molecule has 2 amide bonds. The zero-order chi connectivity index (χ0) is 19.6. The van der Waals surface area contributed by atoms with Gasteiger partial charge in [-0.2, -0.15) is 0 Å². The van der Waals surface area contributed by atoms with Crippen LogP contribution in [0.25, 0.3) is 0 Å². The Hall–Kier alpha value is -2.03. The van der Waals surface area contributed by atoms with Crippen molar-refractivity contribution in [3.8, 4) is 12.3 Å². The van der Waals surface area contributed by atoms with Crippen molar-refractivity contribution in [2.75, 3.05) is 13.2 Å². The van der Waals surface area contributed by atoms with E-state index in [0.717, 1.165) is 19.3 Å². The van der Waals surface area contributed by atoms with Gasteiger partial charge >= 0.3 is 5.97 Å². The van der Waals surface area contributed by atoms with Crippen LogP contribution in [0, 0.1) is 41.4 Å². The number of rotatable bonds is 7. The summed E-state index contributed by atoms with van der Waals surface area (Å²) in [6.07, 6.45) is 11.7. The third-order valence-electron chi connectivity index (χ3n) is 6.46. The molecule has 4 aliphatic carbocycles. The summed E-state index contributed by atoms with van der Waals surface area (Å²) in [4.78, 5) is 37.2. The average Bonchev–Trinajstić information content (AvgIpc) is 2.60. The number of hydrogen-bond acceptors (Lipinski definition) is 4. The van der Waals surface area contributed by atoms with Crippen molar-refractivity contribution >= 4 is 17.8 Å². The first-order chi connectivity index (χ1) is 12.8. The molecule has 0 aromatic rings. The number of carbonyl (C=O) groups excluding carboxylic acids is 3. The molecule has 0 saturated heterocycles. The van der Waals surface area contributed by atoms with Gasteiger partial charge in [0.1, 0.15) is 6.04 Å².